The highest BCUT2D eigenvalue weighted by atomic mass is 16.6. The fraction of sp³-hybridized carbons (Fsp3) is 0.174. The van der Waals surface area contributed by atoms with Crippen LogP contribution in [-0.2, 0) is 28.3 Å². The van der Waals surface area contributed by atoms with E-state index in [-0.39, 0.29) is 5.91 Å². The van der Waals surface area contributed by atoms with Crippen LogP contribution in [0, 0.1) is 0 Å². The minimum absolute atomic E-state index is 0.0133. The molecule has 27 heavy (non-hydrogen) atoms. The number of fused-ring (bicyclic) bond motifs is 1. The minimum atomic E-state index is -0.917. The second-order valence-corrected chi connectivity index (χ2v) is 6.90. The number of anilines is 1. The maximum atomic E-state index is 13.3. The number of nitrogens with one attached hydrogen (secondary N) is 1. The number of hydrogen-bond acceptors (Lipinski definition) is 3. The van der Waals surface area contributed by atoms with Crippen LogP contribution in [0.25, 0.3) is 0 Å². The van der Waals surface area contributed by atoms with E-state index in [2.05, 4.69) is 5.48 Å². The van der Waals surface area contributed by atoms with Crippen LogP contribution >= 0.6 is 0 Å². The first kappa shape index (κ1) is 17.5. The molecule has 3 aromatic carbocycles. The van der Waals surface area contributed by atoms with Crippen molar-refractivity contribution in [1.82, 2.24) is 5.48 Å². The number of para-hydroxylation sites is 1. The Balaban J connectivity index is 1.56. The third kappa shape index (κ3) is 3.37. The molecule has 1 unspecified atom stereocenters. The molecule has 4 nitrogen and oxygen atoms in total. The Bertz CT molecular complexity index is 927. The first-order chi connectivity index (χ1) is 13.2. The highest BCUT2D eigenvalue weighted by Gasteiger charge is 2.47. The van der Waals surface area contributed by atoms with Gasteiger partial charge in [0.2, 0.25) is 0 Å². The van der Waals surface area contributed by atoms with E-state index in [1.54, 1.807) is 0 Å². The Morgan fingerprint density at radius 1 is 0.852 bits per heavy atom. The lowest BCUT2D eigenvalue weighted by Crippen LogP contribution is -2.48. The van der Waals surface area contributed by atoms with Gasteiger partial charge in [0.1, 0.15) is 5.54 Å². The number of benzene rings is 3. The number of carbonyl (C=O) groups is 1. The van der Waals surface area contributed by atoms with E-state index in [0.29, 0.717) is 13.2 Å². The molecule has 1 aliphatic rings. The fourth-order valence-corrected chi connectivity index (χ4v) is 3.49. The summed E-state index contributed by atoms with van der Waals surface area (Å²) in [6.07, 6.45) is 0. The van der Waals surface area contributed by atoms with Crippen molar-refractivity contribution in [2.24, 2.45) is 0 Å². The Morgan fingerprint density at radius 2 is 1.44 bits per heavy atom. The average molecular weight is 358 g/mol. The molecule has 0 aliphatic carbocycles. The zero-order chi connectivity index (χ0) is 18.7. The molecular formula is C23H22N2O2. The fourth-order valence-electron chi connectivity index (χ4n) is 3.49. The summed E-state index contributed by atoms with van der Waals surface area (Å²) in [5.74, 6) is -0.0133. The van der Waals surface area contributed by atoms with Gasteiger partial charge in [-0.3, -0.25) is 9.63 Å². The Morgan fingerprint density at radius 3 is 2.15 bits per heavy atom. The van der Waals surface area contributed by atoms with E-state index >= 15 is 0 Å². The number of hydroxylamine groups is 1. The van der Waals surface area contributed by atoms with Crippen molar-refractivity contribution < 1.29 is 9.63 Å². The van der Waals surface area contributed by atoms with Gasteiger partial charge in [0.15, 0.2) is 0 Å². The molecule has 4 rings (SSSR count). The van der Waals surface area contributed by atoms with E-state index in [0.717, 1.165) is 22.4 Å². The number of carbonyl (C=O) groups excluding carboxylic acids is 1. The van der Waals surface area contributed by atoms with Crippen molar-refractivity contribution in [3.63, 3.8) is 0 Å². The van der Waals surface area contributed by atoms with Crippen molar-refractivity contribution in [2.75, 3.05) is 4.90 Å². The molecule has 1 amide bonds. The third-order valence-corrected chi connectivity index (χ3v) is 4.95. The summed E-state index contributed by atoms with van der Waals surface area (Å²) >= 11 is 0. The topological polar surface area (TPSA) is 41.6 Å². The van der Waals surface area contributed by atoms with Gasteiger partial charge in [-0.05, 0) is 24.1 Å². The number of amides is 1. The predicted octanol–water partition coefficient (Wildman–Crippen LogP) is 4.17. The molecule has 136 valence electrons. The summed E-state index contributed by atoms with van der Waals surface area (Å²) in [4.78, 5) is 20.9. The van der Waals surface area contributed by atoms with Gasteiger partial charge in [-0.25, -0.2) is 0 Å². The number of hydrogen-bond donors (Lipinski definition) is 1. The van der Waals surface area contributed by atoms with Crippen LogP contribution in [-0.4, -0.2) is 5.91 Å². The van der Waals surface area contributed by atoms with E-state index in [9.17, 15) is 4.79 Å². The average Bonchev–Trinajstić information content (AvgIpc) is 2.92. The second kappa shape index (κ2) is 7.35. The van der Waals surface area contributed by atoms with Crippen LogP contribution in [0.5, 0.6) is 0 Å². The predicted molar refractivity (Wildman–Crippen MR) is 106 cm³/mol. The molecule has 4 heteroatoms. The summed E-state index contributed by atoms with van der Waals surface area (Å²) in [5, 5.41) is 0. The molecule has 0 saturated carbocycles. The minimum Gasteiger partial charge on any atom is -0.306 e. The first-order valence-electron chi connectivity index (χ1n) is 9.07. The third-order valence-electron chi connectivity index (χ3n) is 4.95. The summed E-state index contributed by atoms with van der Waals surface area (Å²) < 4.78 is 0. The monoisotopic (exact) mass is 358 g/mol. The van der Waals surface area contributed by atoms with Crippen molar-refractivity contribution >= 4 is 11.6 Å². The molecule has 1 heterocycles. The molecule has 0 spiro atoms. The zero-order valence-corrected chi connectivity index (χ0v) is 15.3. The first-order valence-corrected chi connectivity index (χ1v) is 9.07. The molecule has 3 aromatic rings. The highest BCUT2D eigenvalue weighted by Crippen LogP contribution is 2.40. The quantitative estimate of drug-likeness (QED) is 0.673. The van der Waals surface area contributed by atoms with Gasteiger partial charge in [-0.15, -0.1) is 0 Å². The molecule has 0 saturated heterocycles. The van der Waals surface area contributed by atoms with Gasteiger partial charge in [0, 0.05) is 11.3 Å². The summed E-state index contributed by atoms with van der Waals surface area (Å²) in [7, 11) is 0. The maximum absolute atomic E-state index is 13.3. The zero-order valence-electron chi connectivity index (χ0n) is 15.3. The van der Waals surface area contributed by atoms with Crippen LogP contribution in [0.2, 0.25) is 0 Å². The molecule has 1 atom stereocenters. The van der Waals surface area contributed by atoms with Crippen LogP contribution in [0.4, 0.5) is 5.69 Å². The van der Waals surface area contributed by atoms with E-state index < -0.39 is 5.54 Å². The van der Waals surface area contributed by atoms with Crippen molar-refractivity contribution in [3.05, 3.63) is 102 Å². The van der Waals surface area contributed by atoms with Crippen LogP contribution in [0.15, 0.2) is 84.9 Å². The lowest BCUT2D eigenvalue weighted by atomic mass is 9.95. The largest absolute Gasteiger partial charge is 0.306 e. The molecule has 0 bridgehead atoms. The van der Waals surface area contributed by atoms with Gasteiger partial charge in [0.25, 0.3) is 5.91 Å². The molecule has 0 radical (unpaired) electrons. The Kier molecular flexibility index (Phi) is 4.75. The van der Waals surface area contributed by atoms with E-state index in [4.69, 9.17) is 4.84 Å². The Hall–Kier alpha value is -2.95. The molecule has 1 aliphatic heterocycles. The van der Waals surface area contributed by atoms with Crippen LogP contribution in [0.1, 0.15) is 23.6 Å². The molecule has 1 N–H and O–H groups in total. The second-order valence-electron chi connectivity index (χ2n) is 6.90. The van der Waals surface area contributed by atoms with Crippen LogP contribution in [0.3, 0.4) is 0 Å². The standard InChI is InChI=1S/C23H22N2O2/c1-23(24-27-17-19-12-6-3-7-13-19)20-14-8-9-15-21(20)25(22(23)26)16-18-10-4-2-5-11-18/h2-15,24H,16-17H2,1H3. The Labute approximate surface area is 159 Å². The number of nitrogens with zero attached hydrogens (tertiary/aromatic N) is 1. The van der Waals surface area contributed by atoms with Gasteiger partial charge in [-0.2, -0.15) is 5.48 Å². The molecule has 0 fully saturated rings. The van der Waals surface area contributed by atoms with Crippen molar-refractivity contribution in [1.29, 1.82) is 0 Å². The smallest absolute Gasteiger partial charge is 0.254 e. The van der Waals surface area contributed by atoms with Crippen LogP contribution < -0.4 is 10.4 Å². The van der Waals surface area contributed by atoms with Gasteiger partial charge in [0.05, 0.1) is 13.2 Å². The summed E-state index contributed by atoms with van der Waals surface area (Å²) in [6, 6.07) is 27.8. The van der Waals surface area contributed by atoms with E-state index in [1.807, 2.05) is 96.8 Å². The SMILES string of the molecule is CC1(NOCc2ccccc2)C(=O)N(Cc2ccccc2)c2ccccc21. The molecular weight excluding hydrogens is 336 g/mol. The van der Waals surface area contributed by atoms with Gasteiger partial charge >= 0.3 is 0 Å². The van der Waals surface area contributed by atoms with Crippen molar-refractivity contribution in [2.45, 2.75) is 25.6 Å². The highest BCUT2D eigenvalue weighted by molar-refractivity contribution is 6.07. The summed E-state index contributed by atoms with van der Waals surface area (Å²) in [5.41, 5.74) is 6.11. The lowest BCUT2D eigenvalue weighted by Gasteiger charge is -2.25. The normalized spacial score (nSPS) is 18.6. The maximum Gasteiger partial charge on any atom is 0.254 e. The number of rotatable bonds is 6. The van der Waals surface area contributed by atoms with Gasteiger partial charge in [-0.1, -0.05) is 78.9 Å². The summed E-state index contributed by atoms with van der Waals surface area (Å²) in [6.45, 7) is 2.81. The lowest BCUT2D eigenvalue weighted by molar-refractivity contribution is -0.131. The van der Waals surface area contributed by atoms with Gasteiger partial charge < -0.3 is 4.90 Å². The van der Waals surface area contributed by atoms with E-state index in [1.165, 1.54) is 0 Å². The van der Waals surface area contributed by atoms with Crippen molar-refractivity contribution in [3.8, 4) is 0 Å². The molecule has 0 aromatic heterocycles.